The number of aliphatic hydroxyl groups excluding tert-OH is 1. The number of benzene rings is 1. The fourth-order valence-corrected chi connectivity index (χ4v) is 4.90. The molecule has 28 heavy (non-hydrogen) atoms. The third-order valence-corrected chi connectivity index (χ3v) is 6.98. The zero-order chi connectivity index (χ0) is 19.7. The number of hydrogen-bond donors (Lipinski definition) is 2. The zero-order valence-corrected chi connectivity index (χ0v) is 16.7. The Balaban J connectivity index is 1.27. The molecule has 0 aromatic heterocycles. The van der Waals surface area contributed by atoms with E-state index in [1.165, 1.54) is 0 Å². The van der Waals surface area contributed by atoms with Crippen LogP contribution in [0, 0.1) is 11.3 Å². The highest BCUT2D eigenvalue weighted by Gasteiger charge is 2.43. The molecule has 3 saturated heterocycles. The van der Waals surface area contributed by atoms with E-state index >= 15 is 0 Å². The van der Waals surface area contributed by atoms with Crippen LogP contribution in [0.15, 0.2) is 24.3 Å². The zero-order valence-electron chi connectivity index (χ0n) is 16.7. The van der Waals surface area contributed by atoms with Crippen LogP contribution in [-0.2, 0) is 4.74 Å². The Morgan fingerprint density at radius 1 is 1.21 bits per heavy atom. The summed E-state index contributed by atoms with van der Waals surface area (Å²) in [5.41, 5.74) is 0.824. The van der Waals surface area contributed by atoms with Gasteiger partial charge in [0.2, 0.25) is 0 Å². The molecule has 3 aliphatic heterocycles. The van der Waals surface area contributed by atoms with Crippen LogP contribution in [0.3, 0.4) is 0 Å². The second-order valence-electron chi connectivity index (χ2n) is 9.07. The van der Waals surface area contributed by atoms with Crippen molar-refractivity contribution in [1.82, 2.24) is 9.80 Å². The van der Waals surface area contributed by atoms with Crippen molar-refractivity contribution in [2.24, 2.45) is 11.3 Å². The predicted molar refractivity (Wildman–Crippen MR) is 106 cm³/mol. The third-order valence-electron chi connectivity index (χ3n) is 6.98. The molecule has 6 nitrogen and oxygen atoms in total. The van der Waals surface area contributed by atoms with Gasteiger partial charge in [0.15, 0.2) is 0 Å². The van der Waals surface area contributed by atoms with Crippen LogP contribution < -0.4 is 0 Å². The summed E-state index contributed by atoms with van der Waals surface area (Å²) >= 11 is 0. The van der Waals surface area contributed by atoms with Gasteiger partial charge in [-0.25, -0.2) is 0 Å². The molecule has 0 saturated carbocycles. The number of ether oxygens (including phenoxy) is 1. The number of carbonyl (C=O) groups is 1. The highest BCUT2D eigenvalue weighted by molar-refractivity contribution is 5.94. The summed E-state index contributed by atoms with van der Waals surface area (Å²) in [5, 5.41) is 19.5. The topological polar surface area (TPSA) is 73.2 Å². The SMILES string of the molecule is C[C@@H]1CCN(C[C@@H]2CC3(CCN(C(=O)c4ccc(O)cc4)CC3)CO2)C[C@H]1O. The molecule has 0 aliphatic carbocycles. The summed E-state index contributed by atoms with van der Waals surface area (Å²) < 4.78 is 6.15. The highest BCUT2D eigenvalue weighted by Crippen LogP contribution is 2.42. The smallest absolute Gasteiger partial charge is 0.253 e. The molecule has 3 atom stereocenters. The first-order valence-corrected chi connectivity index (χ1v) is 10.5. The standard InChI is InChI=1S/C22H32N2O4/c1-16-6-9-23(14-20(16)26)13-19-12-22(15-28-19)7-10-24(11-8-22)21(27)17-2-4-18(25)5-3-17/h2-5,16,19-20,25-26H,6-15H2,1H3/t16-,19+,20-/m1/s1. The number of aliphatic hydroxyl groups is 1. The Morgan fingerprint density at radius 3 is 2.61 bits per heavy atom. The number of likely N-dealkylation sites (tertiary alicyclic amines) is 2. The van der Waals surface area contributed by atoms with Crippen LogP contribution in [0.2, 0.25) is 0 Å². The average Bonchev–Trinajstić information content (AvgIpc) is 3.07. The minimum atomic E-state index is -0.224. The van der Waals surface area contributed by atoms with E-state index < -0.39 is 0 Å². The lowest BCUT2D eigenvalue weighted by Crippen LogP contribution is -2.46. The van der Waals surface area contributed by atoms with Gasteiger partial charge in [-0.15, -0.1) is 0 Å². The van der Waals surface area contributed by atoms with Gasteiger partial charge in [-0.05, 0) is 67.8 Å². The lowest BCUT2D eigenvalue weighted by molar-refractivity contribution is 0.000907. The van der Waals surface area contributed by atoms with Crippen LogP contribution in [0.5, 0.6) is 5.75 Å². The Morgan fingerprint density at radius 2 is 1.93 bits per heavy atom. The first-order chi connectivity index (χ1) is 13.4. The molecular weight excluding hydrogens is 356 g/mol. The van der Waals surface area contributed by atoms with E-state index in [-0.39, 0.29) is 29.3 Å². The van der Waals surface area contributed by atoms with Crippen LogP contribution >= 0.6 is 0 Å². The first kappa shape index (κ1) is 19.7. The molecule has 3 aliphatic rings. The van der Waals surface area contributed by atoms with Gasteiger partial charge in [-0.2, -0.15) is 0 Å². The van der Waals surface area contributed by atoms with Gasteiger partial charge in [0.25, 0.3) is 5.91 Å². The van der Waals surface area contributed by atoms with Gasteiger partial charge in [0.1, 0.15) is 5.75 Å². The Kier molecular flexibility index (Phi) is 5.63. The van der Waals surface area contributed by atoms with Gasteiger partial charge >= 0.3 is 0 Å². The summed E-state index contributed by atoms with van der Waals surface area (Å²) in [6.45, 7) is 7.12. The molecule has 154 valence electrons. The number of rotatable bonds is 3. The molecule has 1 aromatic rings. The largest absolute Gasteiger partial charge is 0.508 e. The normalized spacial score (nSPS) is 30.6. The van der Waals surface area contributed by atoms with E-state index in [2.05, 4.69) is 11.8 Å². The number of carbonyl (C=O) groups excluding carboxylic acids is 1. The lowest BCUT2D eigenvalue weighted by Gasteiger charge is -2.39. The van der Waals surface area contributed by atoms with E-state index in [1.807, 2.05) is 4.90 Å². The molecule has 3 fully saturated rings. The van der Waals surface area contributed by atoms with E-state index in [0.29, 0.717) is 11.5 Å². The second-order valence-corrected chi connectivity index (χ2v) is 9.07. The van der Waals surface area contributed by atoms with Crippen molar-refractivity contribution in [1.29, 1.82) is 0 Å². The number of phenols is 1. The van der Waals surface area contributed by atoms with Crippen LogP contribution in [-0.4, -0.2) is 77.5 Å². The van der Waals surface area contributed by atoms with Crippen LogP contribution in [0.25, 0.3) is 0 Å². The molecule has 2 N–H and O–H groups in total. The molecule has 0 unspecified atom stereocenters. The molecule has 1 spiro atoms. The maximum absolute atomic E-state index is 12.7. The number of phenolic OH excluding ortho intramolecular Hbond substituents is 1. The minimum Gasteiger partial charge on any atom is -0.508 e. The number of piperidine rings is 2. The van der Waals surface area contributed by atoms with Crippen molar-refractivity contribution < 1.29 is 19.7 Å². The Labute approximate surface area is 167 Å². The van der Waals surface area contributed by atoms with Crippen LogP contribution in [0.1, 0.15) is 43.0 Å². The maximum Gasteiger partial charge on any atom is 0.253 e. The summed E-state index contributed by atoms with van der Waals surface area (Å²) in [7, 11) is 0. The number of nitrogens with zero attached hydrogens (tertiary/aromatic N) is 2. The summed E-state index contributed by atoms with van der Waals surface area (Å²) in [6.07, 6.45) is 4.07. The Bertz CT molecular complexity index is 684. The highest BCUT2D eigenvalue weighted by atomic mass is 16.5. The van der Waals surface area contributed by atoms with Crippen molar-refractivity contribution in [3.63, 3.8) is 0 Å². The monoisotopic (exact) mass is 388 g/mol. The van der Waals surface area contributed by atoms with Crippen molar-refractivity contribution in [3.05, 3.63) is 29.8 Å². The van der Waals surface area contributed by atoms with Crippen molar-refractivity contribution in [2.75, 3.05) is 39.3 Å². The molecule has 1 aromatic carbocycles. The van der Waals surface area contributed by atoms with E-state index in [9.17, 15) is 15.0 Å². The van der Waals surface area contributed by atoms with Gasteiger partial charge in [0.05, 0.1) is 18.8 Å². The summed E-state index contributed by atoms with van der Waals surface area (Å²) in [5.74, 6) is 0.614. The molecule has 0 bridgehead atoms. The van der Waals surface area contributed by atoms with Gasteiger partial charge in [-0.1, -0.05) is 6.92 Å². The molecule has 1 amide bonds. The second kappa shape index (κ2) is 8.01. The number of aromatic hydroxyl groups is 1. The summed E-state index contributed by atoms with van der Waals surface area (Å²) in [6, 6.07) is 6.49. The van der Waals surface area contributed by atoms with E-state index in [0.717, 1.165) is 65.0 Å². The molecule has 3 heterocycles. The van der Waals surface area contributed by atoms with Gasteiger partial charge in [0, 0.05) is 31.7 Å². The predicted octanol–water partition coefficient (Wildman–Crippen LogP) is 2.11. The number of amides is 1. The lowest BCUT2D eigenvalue weighted by atomic mass is 9.76. The van der Waals surface area contributed by atoms with Crippen molar-refractivity contribution in [2.45, 2.75) is 44.8 Å². The van der Waals surface area contributed by atoms with E-state index in [4.69, 9.17) is 4.74 Å². The first-order valence-electron chi connectivity index (χ1n) is 10.5. The van der Waals surface area contributed by atoms with Crippen molar-refractivity contribution in [3.8, 4) is 5.75 Å². The van der Waals surface area contributed by atoms with Gasteiger partial charge in [-0.3, -0.25) is 9.69 Å². The fraction of sp³-hybridized carbons (Fsp3) is 0.682. The van der Waals surface area contributed by atoms with Crippen molar-refractivity contribution >= 4 is 5.91 Å². The molecule has 4 rings (SSSR count). The molecule has 6 heteroatoms. The summed E-state index contributed by atoms with van der Waals surface area (Å²) in [4.78, 5) is 17.0. The van der Waals surface area contributed by atoms with Gasteiger partial charge < -0.3 is 19.8 Å². The average molecular weight is 389 g/mol. The minimum absolute atomic E-state index is 0.0433. The quantitative estimate of drug-likeness (QED) is 0.830. The Hall–Kier alpha value is -1.63. The fourth-order valence-electron chi connectivity index (χ4n) is 4.90. The van der Waals surface area contributed by atoms with Crippen LogP contribution in [0.4, 0.5) is 0 Å². The number of β-amino-alcohol motifs (C(OH)–C–C–N with tert-alkyl or cyclic N) is 1. The molecule has 0 radical (unpaired) electrons. The van der Waals surface area contributed by atoms with E-state index in [1.54, 1.807) is 24.3 Å². The third kappa shape index (κ3) is 4.19. The molecular formula is C22H32N2O4. The number of hydrogen-bond acceptors (Lipinski definition) is 5. The maximum atomic E-state index is 12.7.